The molecule has 0 aromatic heterocycles. The number of hydrogen-bond donors (Lipinski definition) is 3. The lowest BCUT2D eigenvalue weighted by Crippen LogP contribution is -2.42. The largest absolute Gasteiger partial charge is 0.368 e. The number of benzene rings is 1. The second-order valence-electron chi connectivity index (χ2n) is 5.86. The molecule has 0 radical (unpaired) electrons. The van der Waals surface area contributed by atoms with Gasteiger partial charge in [-0.05, 0) is 51.6 Å². The normalized spacial score (nSPS) is 12.4. The van der Waals surface area contributed by atoms with Crippen molar-refractivity contribution in [3.05, 3.63) is 29.8 Å². The van der Waals surface area contributed by atoms with Crippen molar-refractivity contribution < 1.29 is 14.4 Å². The maximum Gasteiger partial charge on any atom is 0.284 e. The Hall–Kier alpha value is -2.02. The van der Waals surface area contributed by atoms with E-state index < -0.39 is 17.9 Å². The summed E-state index contributed by atoms with van der Waals surface area (Å²) in [5, 5.41) is 5.06. The standard InChI is InChI=1S/C15H21N3O3S/c1-9(12(16)19)17-13(20)10-7-5-6-8-11(10)22-14(21)18-15(2,3)4/h5-9H,1-4H3,(H2,16,19)(H,17,20)(H,18,21)/t9-/m0/s1. The van der Waals surface area contributed by atoms with Crippen molar-refractivity contribution >= 4 is 28.8 Å². The van der Waals surface area contributed by atoms with Crippen LogP contribution in [0.25, 0.3) is 0 Å². The van der Waals surface area contributed by atoms with Crippen molar-refractivity contribution in [2.24, 2.45) is 5.73 Å². The summed E-state index contributed by atoms with van der Waals surface area (Å²) in [7, 11) is 0. The van der Waals surface area contributed by atoms with Crippen LogP contribution in [-0.2, 0) is 4.79 Å². The number of carbonyl (C=O) groups is 3. The summed E-state index contributed by atoms with van der Waals surface area (Å²) >= 11 is 0.934. The second-order valence-corrected chi connectivity index (χ2v) is 6.87. The van der Waals surface area contributed by atoms with Crippen LogP contribution in [0.5, 0.6) is 0 Å². The predicted molar refractivity (Wildman–Crippen MR) is 86.7 cm³/mol. The first-order valence-electron chi connectivity index (χ1n) is 6.79. The molecule has 0 saturated carbocycles. The molecular weight excluding hydrogens is 302 g/mol. The van der Waals surface area contributed by atoms with Crippen molar-refractivity contribution in [2.75, 3.05) is 0 Å². The molecule has 1 rings (SSSR count). The zero-order valence-corrected chi connectivity index (χ0v) is 13.9. The first-order chi connectivity index (χ1) is 10.1. The Balaban J connectivity index is 2.88. The highest BCUT2D eigenvalue weighted by atomic mass is 32.2. The molecule has 0 spiro atoms. The second kappa shape index (κ2) is 7.31. The number of nitrogens with two attached hydrogens (primary N) is 1. The Labute approximate surface area is 134 Å². The molecule has 0 aliphatic carbocycles. The summed E-state index contributed by atoms with van der Waals surface area (Å²) < 4.78 is 0. The number of thioether (sulfide) groups is 1. The van der Waals surface area contributed by atoms with Crippen LogP contribution >= 0.6 is 11.8 Å². The molecular formula is C15H21N3O3S. The maximum absolute atomic E-state index is 12.2. The molecule has 0 unspecified atom stereocenters. The Morgan fingerprint density at radius 3 is 2.32 bits per heavy atom. The van der Waals surface area contributed by atoms with Crippen LogP contribution in [0.4, 0.5) is 4.79 Å². The predicted octanol–water partition coefficient (Wildman–Crippen LogP) is 1.89. The first kappa shape index (κ1) is 18.0. The number of rotatable bonds is 4. The van der Waals surface area contributed by atoms with Gasteiger partial charge in [-0.1, -0.05) is 12.1 Å². The Kier molecular flexibility index (Phi) is 5.99. The molecule has 6 nitrogen and oxygen atoms in total. The number of carbonyl (C=O) groups excluding carboxylic acids is 3. The van der Waals surface area contributed by atoms with Crippen molar-refractivity contribution in [3.63, 3.8) is 0 Å². The highest BCUT2D eigenvalue weighted by Gasteiger charge is 2.20. The third-order valence-electron chi connectivity index (χ3n) is 2.59. The molecule has 0 aliphatic heterocycles. The van der Waals surface area contributed by atoms with Gasteiger partial charge in [-0.2, -0.15) is 0 Å². The SMILES string of the molecule is C[C@H](NC(=O)c1ccccc1SC(=O)NC(C)(C)C)C(N)=O. The van der Waals surface area contributed by atoms with E-state index in [1.54, 1.807) is 24.3 Å². The van der Waals surface area contributed by atoms with E-state index in [2.05, 4.69) is 10.6 Å². The quantitative estimate of drug-likeness (QED) is 0.736. The topological polar surface area (TPSA) is 101 Å². The van der Waals surface area contributed by atoms with E-state index in [0.29, 0.717) is 10.5 Å². The fraction of sp³-hybridized carbons (Fsp3) is 0.400. The Morgan fingerprint density at radius 1 is 1.18 bits per heavy atom. The van der Waals surface area contributed by atoms with Gasteiger partial charge in [0.2, 0.25) is 5.91 Å². The monoisotopic (exact) mass is 323 g/mol. The lowest BCUT2D eigenvalue weighted by Gasteiger charge is -2.20. The molecule has 1 aromatic rings. The van der Waals surface area contributed by atoms with E-state index in [9.17, 15) is 14.4 Å². The maximum atomic E-state index is 12.2. The number of hydrogen-bond acceptors (Lipinski definition) is 4. The van der Waals surface area contributed by atoms with Crippen molar-refractivity contribution in [1.82, 2.24) is 10.6 Å². The highest BCUT2D eigenvalue weighted by molar-refractivity contribution is 8.13. The van der Waals surface area contributed by atoms with Gasteiger partial charge in [-0.15, -0.1) is 0 Å². The minimum atomic E-state index is -0.783. The minimum Gasteiger partial charge on any atom is -0.368 e. The number of primary amides is 1. The summed E-state index contributed by atoms with van der Waals surface area (Å²) in [5.41, 5.74) is 5.09. The van der Waals surface area contributed by atoms with Crippen LogP contribution in [0.3, 0.4) is 0 Å². The highest BCUT2D eigenvalue weighted by Crippen LogP contribution is 2.24. The molecule has 22 heavy (non-hydrogen) atoms. The summed E-state index contributed by atoms with van der Waals surface area (Å²) in [5.74, 6) is -1.07. The third-order valence-corrected chi connectivity index (χ3v) is 3.45. The van der Waals surface area contributed by atoms with E-state index in [1.807, 2.05) is 20.8 Å². The zero-order valence-electron chi connectivity index (χ0n) is 13.1. The van der Waals surface area contributed by atoms with Crippen LogP contribution < -0.4 is 16.4 Å². The van der Waals surface area contributed by atoms with E-state index in [-0.39, 0.29) is 10.8 Å². The van der Waals surface area contributed by atoms with Gasteiger partial charge < -0.3 is 16.4 Å². The smallest absolute Gasteiger partial charge is 0.284 e. The lowest BCUT2D eigenvalue weighted by atomic mass is 10.1. The van der Waals surface area contributed by atoms with Crippen molar-refractivity contribution in [3.8, 4) is 0 Å². The number of amides is 3. The fourth-order valence-corrected chi connectivity index (χ4v) is 2.49. The van der Waals surface area contributed by atoms with Crippen LogP contribution in [0.2, 0.25) is 0 Å². The van der Waals surface area contributed by atoms with Crippen molar-refractivity contribution in [1.29, 1.82) is 0 Å². The van der Waals surface area contributed by atoms with Crippen LogP contribution in [0.15, 0.2) is 29.2 Å². The van der Waals surface area contributed by atoms with Gasteiger partial charge >= 0.3 is 0 Å². The summed E-state index contributed by atoms with van der Waals surface area (Å²) in [6.45, 7) is 7.12. The van der Waals surface area contributed by atoms with Gasteiger partial charge in [0.15, 0.2) is 0 Å². The molecule has 0 aliphatic rings. The van der Waals surface area contributed by atoms with Gasteiger partial charge in [0.1, 0.15) is 6.04 Å². The van der Waals surface area contributed by atoms with Gasteiger partial charge in [-0.25, -0.2) is 0 Å². The molecule has 120 valence electrons. The average molecular weight is 323 g/mol. The van der Waals surface area contributed by atoms with Gasteiger partial charge in [0, 0.05) is 10.4 Å². The molecule has 0 heterocycles. The molecule has 0 fully saturated rings. The van der Waals surface area contributed by atoms with Gasteiger partial charge in [0.25, 0.3) is 11.1 Å². The van der Waals surface area contributed by atoms with Gasteiger partial charge in [-0.3, -0.25) is 14.4 Å². The fourth-order valence-electron chi connectivity index (χ4n) is 1.52. The molecule has 1 atom stereocenters. The van der Waals surface area contributed by atoms with Crippen LogP contribution in [-0.4, -0.2) is 28.6 Å². The first-order valence-corrected chi connectivity index (χ1v) is 7.61. The molecule has 7 heteroatoms. The molecule has 4 N–H and O–H groups in total. The van der Waals surface area contributed by atoms with E-state index in [4.69, 9.17) is 5.73 Å². The third kappa shape index (κ3) is 5.77. The molecule has 1 aromatic carbocycles. The van der Waals surface area contributed by atoms with E-state index >= 15 is 0 Å². The summed E-state index contributed by atoms with van der Waals surface area (Å²) in [4.78, 5) is 35.7. The van der Waals surface area contributed by atoms with E-state index in [1.165, 1.54) is 6.92 Å². The lowest BCUT2D eigenvalue weighted by molar-refractivity contribution is -0.119. The van der Waals surface area contributed by atoms with E-state index in [0.717, 1.165) is 11.8 Å². The molecule has 0 bridgehead atoms. The van der Waals surface area contributed by atoms with Crippen molar-refractivity contribution in [2.45, 2.75) is 44.2 Å². The molecule has 0 saturated heterocycles. The minimum absolute atomic E-state index is 0.254. The Bertz CT molecular complexity index is 582. The summed E-state index contributed by atoms with van der Waals surface area (Å²) in [6, 6.07) is 5.91. The molecule has 3 amide bonds. The van der Waals surface area contributed by atoms with Crippen LogP contribution in [0, 0.1) is 0 Å². The van der Waals surface area contributed by atoms with Gasteiger partial charge in [0.05, 0.1) is 5.56 Å². The van der Waals surface area contributed by atoms with Crippen LogP contribution in [0.1, 0.15) is 38.1 Å². The average Bonchev–Trinajstić information content (AvgIpc) is 2.36. The Morgan fingerprint density at radius 2 is 1.77 bits per heavy atom. The number of nitrogens with one attached hydrogen (secondary N) is 2. The summed E-state index contributed by atoms with van der Waals surface area (Å²) in [6.07, 6.45) is 0. The zero-order chi connectivity index (χ0) is 16.9.